The van der Waals surface area contributed by atoms with Gasteiger partial charge in [-0.2, -0.15) is 10.2 Å². The van der Waals surface area contributed by atoms with Crippen LogP contribution in [0, 0.1) is 0 Å². The monoisotopic (exact) mass is 262 g/mol. The standard InChI is InChI=1S/C16H10N2O2/c1-10-15(19)13-8-7-12(9-14(13)16(10)20)18-17-11-5-3-2-4-6-11/h2-9H,1H2/b18-17+. The Labute approximate surface area is 115 Å². The van der Waals surface area contributed by atoms with Crippen LogP contribution < -0.4 is 0 Å². The smallest absolute Gasteiger partial charge is 0.197 e. The molecule has 3 rings (SSSR count). The van der Waals surface area contributed by atoms with Crippen molar-refractivity contribution in [3.05, 3.63) is 71.8 Å². The first-order valence-electron chi connectivity index (χ1n) is 6.06. The van der Waals surface area contributed by atoms with Crippen LogP contribution in [0.4, 0.5) is 11.4 Å². The summed E-state index contributed by atoms with van der Waals surface area (Å²) in [5.41, 5.74) is 2.00. The van der Waals surface area contributed by atoms with Crippen LogP contribution in [0.15, 0.2) is 70.9 Å². The van der Waals surface area contributed by atoms with Crippen LogP contribution in [0.5, 0.6) is 0 Å². The zero-order valence-electron chi connectivity index (χ0n) is 10.5. The summed E-state index contributed by atoms with van der Waals surface area (Å²) < 4.78 is 0. The number of allylic oxidation sites excluding steroid dienone is 1. The molecule has 2 aromatic carbocycles. The van der Waals surface area contributed by atoms with Crippen LogP contribution in [0.1, 0.15) is 20.7 Å². The molecule has 0 amide bonds. The molecule has 0 heterocycles. The van der Waals surface area contributed by atoms with Gasteiger partial charge in [0, 0.05) is 11.1 Å². The van der Waals surface area contributed by atoms with E-state index in [1.54, 1.807) is 18.2 Å². The maximum absolute atomic E-state index is 11.8. The van der Waals surface area contributed by atoms with Crippen LogP contribution in [-0.4, -0.2) is 11.6 Å². The molecule has 20 heavy (non-hydrogen) atoms. The number of fused-ring (bicyclic) bond motifs is 1. The van der Waals surface area contributed by atoms with Crippen molar-refractivity contribution in [1.82, 2.24) is 0 Å². The minimum Gasteiger partial charge on any atom is -0.288 e. The lowest BCUT2D eigenvalue weighted by atomic mass is 10.1. The van der Waals surface area contributed by atoms with Crippen molar-refractivity contribution in [1.29, 1.82) is 0 Å². The number of carbonyl (C=O) groups excluding carboxylic acids is 2. The van der Waals surface area contributed by atoms with E-state index in [0.717, 1.165) is 5.69 Å². The summed E-state index contributed by atoms with van der Waals surface area (Å²) in [7, 11) is 0. The van der Waals surface area contributed by atoms with Gasteiger partial charge < -0.3 is 0 Å². The maximum atomic E-state index is 11.8. The van der Waals surface area contributed by atoms with E-state index < -0.39 is 0 Å². The average Bonchev–Trinajstić information content (AvgIpc) is 2.71. The van der Waals surface area contributed by atoms with Crippen LogP contribution in [0.3, 0.4) is 0 Å². The zero-order valence-corrected chi connectivity index (χ0v) is 10.5. The lowest BCUT2D eigenvalue weighted by Gasteiger charge is -1.97. The van der Waals surface area contributed by atoms with Gasteiger partial charge in [-0.05, 0) is 30.3 Å². The van der Waals surface area contributed by atoms with Crippen molar-refractivity contribution < 1.29 is 9.59 Å². The van der Waals surface area contributed by atoms with Gasteiger partial charge in [0.15, 0.2) is 11.6 Å². The minimum atomic E-state index is -0.332. The molecule has 0 atom stereocenters. The molecule has 1 aliphatic carbocycles. The first-order valence-corrected chi connectivity index (χ1v) is 6.06. The van der Waals surface area contributed by atoms with Crippen LogP contribution in [0.25, 0.3) is 0 Å². The van der Waals surface area contributed by atoms with Crippen LogP contribution in [-0.2, 0) is 0 Å². The predicted octanol–water partition coefficient (Wildman–Crippen LogP) is 4.04. The molecule has 0 N–H and O–H groups in total. The molecule has 2 aromatic rings. The first kappa shape index (κ1) is 12.2. The molecular weight excluding hydrogens is 252 g/mol. The fourth-order valence-electron chi connectivity index (χ4n) is 2.02. The maximum Gasteiger partial charge on any atom is 0.197 e. The highest BCUT2D eigenvalue weighted by atomic mass is 16.2. The quantitative estimate of drug-likeness (QED) is 0.466. The van der Waals surface area contributed by atoms with Gasteiger partial charge in [-0.3, -0.25) is 9.59 Å². The molecule has 0 saturated carbocycles. The molecular formula is C16H10N2O2. The second-order valence-electron chi connectivity index (χ2n) is 4.40. The van der Waals surface area contributed by atoms with Gasteiger partial charge in [-0.1, -0.05) is 24.8 Å². The highest BCUT2D eigenvalue weighted by Crippen LogP contribution is 2.29. The SMILES string of the molecule is C=C1C(=O)c2ccc(/N=N/c3ccccc3)cc2C1=O. The third kappa shape index (κ3) is 1.97. The Hall–Kier alpha value is -2.88. The van der Waals surface area contributed by atoms with E-state index in [-0.39, 0.29) is 17.1 Å². The van der Waals surface area contributed by atoms with Crippen molar-refractivity contribution in [3.63, 3.8) is 0 Å². The number of carbonyl (C=O) groups is 2. The number of benzene rings is 2. The van der Waals surface area contributed by atoms with Crippen LogP contribution >= 0.6 is 0 Å². The van der Waals surface area contributed by atoms with Gasteiger partial charge in [-0.15, -0.1) is 0 Å². The topological polar surface area (TPSA) is 58.9 Å². The summed E-state index contributed by atoms with van der Waals surface area (Å²) in [6.45, 7) is 3.50. The fourth-order valence-corrected chi connectivity index (χ4v) is 2.02. The van der Waals surface area contributed by atoms with E-state index in [1.165, 1.54) is 0 Å². The molecule has 0 radical (unpaired) electrons. The Bertz CT molecular complexity index is 761. The third-order valence-electron chi connectivity index (χ3n) is 3.08. The Morgan fingerprint density at radius 3 is 2.15 bits per heavy atom. The summed E-state index contributed by atoms with van der Waals surface area (Å²) in [6, 6.07) is 14.1. The lowest BCUT2D eigenvalue weighted by Crippen LogP contribution is -1.97. The number of azo groups is 1. The van der Waals surface area contributed by atoms with Crippen LogP contribution in [0.2, 0.25) is 0 Å². The summed E-state index contributed by atoms with van der Waals surface area (Å²) >= 11 is 0. The van der Waals surface area contributed by atoms with E-state index in [2.05, 4.69) is 16.8 Å². The molecule has 0 spiro atoms. The van der Waals surface area contributed by atoms with Crippen molar-refractivity contribution in [2.24, 2.45) is 10.2 Å². The van der Waals surface area contributed by atoms with E-state index in [4.69, 9.17) is 0 Å². The Kier molecular flexibility index (Phi) is 2.84. The second-order valence-corrected chi connectivity index (χ2v) is 4.40. The molecule has 0 unspecified atom stereocenters. The van der Waals surface area contributed by atoms with Crippen molar-refractivity contribution >= 4 is 22.9 Å². The molecule has 0 fully saturated rings. The molecule has 0 aliphatic heterocycles. The molecule has 96 valence electrons. The van der Waals surface area contributed by atoms with E-state index in [1.807, 2.05) is 30.3 Å². The van der Waals surface area contributed by atoms with E-state index in [0.29, 0.717) is 16.8 Å². The number of rotatable bonds is 2. The third-order valence-corrected chi connectivity index (χ3v) is 3.08. The summed E-state index contributed by atoms with van der Waals surface area (Å²) in [4.78, 5) is 23.6. The van der Waals surface area contributed by atoms with Gasteiger partial charge in [-0.25, -0.2) is 0 Å². The lowest BCUT2D eigenvalue weighted by molar-refractivity contribution is 0.0989. The number of ketones is 2. The van der Waals surface area contributed by atoms with Gasteiger partial charge >= 0.3 is 0 Å². The predicted molar refractivity (Wildman–Crippen MR) is 74.9 cm³/mol. The molecule has 4 heteroatoms. The number of Topliss-reactive ketones (excluding diaryl/α,β-unsaturated/α-hetero) is 2. The number of hydrogen-bond acceptors (Lipinski definition) is 4. The minimum absolute atomic E-state index is 0.0112. The first-order chi connectivity index (χ1) is 9.66. The van der Waals surface area contributed by atoms with Gasteiger partial charge in [0.1, 0.15) is 0 Å². The Morgan fingerprint density at radius 2 is 1.40 bits per heavy atom. The number of nitrogens with zero attached hydrogens (tertiary/aromatic N) is 2. The molecule has 1 aliphatic rings. The highest BCUT2D eigenvalue weighted by molar-refractivity contribution is 6.39. The number of hydrogen-bond donors (Lipinski definition) is 0. The van der Waals surface area contributed by atoms with Gasteiger partial charge in [0.25, 0.3) is 0 Å². The molecule has 0 saturated heterocycles. The summed E-state index contributed by atoms with van der Waals surface area (Å²) in [5.74, 6) is -0.640. The normalized spacial score (nSPS) is 14.1. The van der Waals surface area contributed by atoms with Gasteiger partial charge in [0.2, 0.25) is 0 Å². The van der Waals surface area contributed by atoms with E-state index >= 15 is 0 Å². The van der Waals surface area contributed by atoms with Gasteiger partial charge in [0.05, 0.1) is 16.9 Å². The highest BCUT2D eigenvalue weighted by Gasteiger charge is 2.31. The second kappa shape index (κ2) is 4.66. The Morgan fingerprint density at radius 1 is 0.750 bits per heavy atom. The largest absolute Gasteiger partial charge is 0.288 e. The average molecular weight is 262 g/mol. The summed E-state index contributed by atoms with van der Waals surface area (Å²) in [6.07, 6.45) is 0. The summed E-state index contributed by atoms with van der Waals surface area (Å²) in [5, 5.41) is 8.14. The molecule has 0 aromatic heterocycles. The Balaban J connectivity index is 1.95. The fraction of sp³-hybridized carbons (Fsp3) is 0. The van der Waals surface area contributed by atoms with E-state index in [9.17, 15) is 9.59 Å². The van der Waals surface area contributed by atoms with Crippen molar-refractivity contribution in [3.8, 4) is 0 Å². The van der Waals surface area contributed by atoms with Crippen molar-refractivity contribution in [2.75, 3.05) is 0 Å². The molecule has 4 nitrogen and oxygen atoms in total. The molecule has 0 bridgehead atoms. The zero-order chi connectivity index (χ0) is 14.1. The van der Waals surface area contributed by atoms with Crippen molar-refractivity contribution in [2.45, 2.75) is 0 Å².